The maximum atomic E-state index is 10.4. The molecule has 0 amide bonds. The SMILES string of the molecule is NC(O)(CCCc1ccccc1)c1nc2ccccc2o1. The Labute approximate surface area is 123 Å². The van der Waals surface area contributed by atoms with Crippen LogP contribution >= 0.6 is 0 Å². The van der Waals surface area contributed by atoms with E-state index in [9.17, 15) is 5.11 Å². The Kier molecular flexibility index (Phi) is 3.73. The number of nitrogens with zero attached hydrogens (tertiary/aromatic N) is 1. The van der Waals surface area contributed by atoms with Gasteiger partial charge in [-0.2, -0.15) is 0 Å². The minimum Gasteiger partial charge on any atom is -0.436 e. The molecule has 108 valence electrons. The standard InChI is InChI=1S/C17H18N2O2/c18-17(20,12-6-9-13-7-2-1-3-8-13)16-19-14-10-4-5-11-15(14)21-16/h1-5,7-8,10-11,20H,6,9,12,18H2. The largest absolute Gasteiger partial charge is 0.436 e. The Morgan fingerprint density at radius 3 is 2.52 bits per heavy atom. The number of hydrogen-bond donors (Lipinski definition) is 2. The molecule has 0 bridgehead atoms. The van der Waals surface area contributed by atoms with Crippen LogP contribution < -0.4 is 5.73 Å². The molecule has 0 aliphatic heterocycles. The van der Waals surface area contributed by atoms with E-state index < -0.39 is 5.72 Å². The molecule has 1 aromatic heterocycles. The van der Waals surface area contributed by atoms with E-state index in [4.69, 9.17) is 10.2 Å². The van der Waals surface area contributed by atoms with Gasteiger partial charge in [0.05, 0.1) is 0 Å². The van der Waals surface area contributed by atoms with Gasteiger partial charge in [0.15, 0.2) is 11.3 Å². The summed E-state index contributed by atoms with van der Waals surface area (Å²) in [5.74, 6) is 0.178. The van der Waals surface area contributed by atoms with E-state index in [1.807, 2.05) is 42.5 Å². The van der Waals surface area contributed by atoms with Gasteiger partial charge in [-0.1, -0.05) is 42.5 Å². The fourth-order valence-electron chi connectivity index (χ4n) is 2.37. The Morgan fingerprint density at radius 2 is 1.76 bits per heavy atom. The van der Waals surface area contributed by atoms with Crippen LogP contribution in [0.2, 0.25) is 0 Å². The number of fused-ring (bicyclic) bond motifs is 1. The maximum Gasteiger partial charge on any atom is 0.242 e. The molecule has 1 atom stereocenters. The lowest BCUT2D eigenvalue weighted by Crippen LogP contribution is -2.36. The molecule has 2 aromatic carbocycles. The third-order valence-corrected chi connectivity index (χ3v) is 3.53. The van der Waals surface area contributed by atoms with Crippen molar-refractivity contribution in [2.45, 2.75) is 25.0 Å². The van der Waals surface area contributed by atoms with Crippen LogP contribution in [0, 0.1) is 0 Å². The third-order valence-electron chi connectivity index (χ3n) is 3.53. The molecule has 0 fully saturated rings. The number of aromatic nitrogens is 1. The normalized spacial score (nSPS) is 14.2. The lowest BCUT2D eigenvalue weighted by atomic mass is 10.0. The highest BCUT2D eigenvalue weighted by atomic mass is 16.4. The first-order valence-corrected chi connectivity index (χ1v) is 7.06. The fourth-order valence-corrected chi connectivity index (χ4v) is 2.37. The van der Waals surface area contributed by atoms with Crippen molar-refractivity contribution in [3.63, 3.8) is 0 Å². The van der Waals surface area contributed by atoms with Crippen LogP contribution in [-0.2, 0) is 12.1 Å². The molecule has 0 spiro atoms. The number of oxazole rings is 1. The Bertz CT molecular complexity index is 687. The van der Waals surface area contributed by atoms with E-state index in [1.165, 1.54) is 5.56 Å². The second-order valence-corrected chi connectivity index (χ2v) is 5.25. The van der Waals surface area contributed by atoms with Crippen LogP contribution in [0.4, 0.5) is 0 Å². The third kappa shape index (κ3) is 3.12. The van der Waals surface area contributed by atoms with Crippen LogP contribution in [0.1, 0.15) is 24.3 Å². The molecule has 3 rings (SSSR count). The van der Waals surface area contributed by atoms with Crippen LogP contribution in [0.25, 0.3) is 11.1 Å². The zero-order valence-electron chi connectivity index (χ0n) is 11.7. The number of nitrogens with two attached hydrogens (primary N) is 1. The molecule has 0 radical (unpaired) electrons. The van der Waals surface area contributed by atoms with Gasteiger partial charge in [0, 0.05) is 0 Å². The average molecular weight is 282 g/mol. The second kappa shape index (κ2) is 5.68. The van der Waals surface area contributed by atoms with Crippen LogP contribution in [0.5, 0.6) is 0 Å². The second-order valence-electron chi connectivity index (χ2n) is 5.25. The van der Waals surface area contributed by atoms with Gasteiger partial charge in [-0.05, 0) is 37.0 Å². The van der Waals surface area contributed by atoms with Crippen molar-refractivity contribution >= 4 is 11.1 Å². The first kappa shape index (κ1) is 13.8. The Morgan fingerprint density at radius 1 is 1.05 bits per heavy atom. The molecule has 21 heavy (non-hydrogen) atoms. The topological polar surface area (TPSA) is 72.3 Å². The van der Waals surface area contributed by atoms with E-state index >= 15 is 0 Å². The Hall–Kier alpha value is -2.17. The molecule has 4 heteroatoms. The molecular formula is C17H18N2O2. The van der Waals surface area contributed by atoms with Gasteiger partial charge in [0.2, 0.25) is 5.89 Å². The van der Waals surface area contributed by atoms with Gasteiger partial charge in [0.1, 0.15) is 5.52 Å². The van der Waals surface area contributed by atoms with Gasteiger partial charge in [-0.15, -0.1) is 0 Å². The van der Waals surface area contributed by atoms with Crippen molar-refractivity contribution < 1.29 is 9.52 Å². The summed E-state index contributed by atoms with van der Waals surface area (Å²) in [7, 11) is 0. The highest BCUT2D eigenvalue weighted by molar-refractivity contribution is 5.72. The first-order valence-electron chi connectivity index (χ1n) is 7.06. The van der Waals surface area contributed by atoms with E-state index in [1.54, 1.807) is 0 Å². The predicted octanol–water partition coefficient (Wildman–Crippen LogP) is 2.95. The van der Waals surface area contributed by atoms with Gasteiger partial charge >= 0.3 is 0 Å². The van der Waals surface area contributed by atoms with Gasteiger partial charge < -0.3 is 9.52 Å². The molecule has 1 heterocycles. The summed E-state index contributed by atoms with van der Waals surface area (Å²) < 4.78 is 5.55. The Balaban J connectivity index is 1.68. The van der Waals surface area contributed by atoms with Crippen molar-refractivity contribution in [1.29, 1.82) is 0 Å². The average Bonchev–Trinajstić information content (AvgIpc) is 2.93. The minimum atomic E-state index is -1.53. The van der Waals surface area contributed by atoms with Crippen molar-refractivity contribution in [1.82, 2.24) is 4.98 Å². The molecule has 0 saturated carbocycles. The van der Waals surface area contributed by atoms with Gasteiger partial charge in [0.25, 0.3) is 0 Å². The molecule has 4 nitrogen and oxygen atoms in total. The monoisotopic (exact) mass is 282 g/mol. The van der Waals surface area contributed by atoms with E-state index in [2.05, 4.69) is 17.1 Å². The summed E-state index contributed by atoms with van der Waals surface area (Å²) in [5, 5.41) is 10.4. The maximum absolute atomic E-state index is 10.4. The van der Waals surface area contributed by atoms with Gasteiger partial charge in [-0.3, -0.25) is 5.73 Å². The summed E-state index contributed by atoms with van der Waals surface area (Å²) in [6.07, 6.45) is 2.02. The summed E-state index contributed by atoms with van der Waals surface area (Å²) >= 11 is 0. The van der Waals surface area contributed by atoms with Crippen molar-refractivity contribution in [3.8, 4) is 0 Å². The lowest BCUT2D eigenvalue weighted by molar-refractivity contribution is 0.00677. The van der Waals surface area contributed by atoms with Gasteiger partial charge in [-0.25, -0.2) is 4.98 Å². The van der Waals surface area contributed by atoms with Crippen LogP contribution in [-0.4, -0.2) is 10.1 Å². The number of benzene rings is 2. The number of rotatable bonds is 5. The molecule has 0 aliphatic carbocycles. The summed E-state index contributed by atoms with van der Waals surface area (Å²) in [4.78, 5) is 4.27. The lowest BCUT2D eigenvalue weighted by Gasteiger charge is -2.18. The summed E-state index contributed by atoms with van der Waals surface area (Å²) in [5.41, 5.74) is 7.01. The number of aryl methyl sites for hydroxylation is 1. The zero-order chi connectivity index (χ0) is 14.7. The number of para-hydroxylation sites is 2. The first-order chi connectivity index (χ1) is 10.1. The highest BCUT2D eigenvalue weighted by Crippen LogP contribution is 2.25. The van der Waals surface area contributed by atoms with Crippen molar-refractivity contribution in [2.24, 2.45) is 5.73 Å². The van der Waals surface area contributed by atoms with E-state index in [0.29, 0.717) is 17.5 Å². The van der Waals surface area contributed by atoms with E-state index in [-0.39, 0.29) is 5.89 Å². The van der Waals surface area contributed by atoms with E-state index in [0.717, 1.165) is 12.8 Å². The smallest absolute Gasteiger partial charge is 0.242 e. The molecular weight excluding hydrogens is 264 g/mol. The minimum absolute atomic E-state index is 0.178. The molecule has 3 N–H and O–H groups in total. The predicted molar refractivity (Wildman–Crippen MR) is 81.5 cm³/mol. The highest BCUT2D eigenvalue weighted by Gasteiger charge is 2.29. The zero-order valence-corrected chi connectivity index (χ0v) is 11.7. The number of hydrogen-bond acceptors (Lipinski definition) is 4. The molecule has 3 aromatic rings. The molecule has 0 aliphatic rings. The quantitative estimate of drug-likeness (QED) is 0.706. The van der Waals surface area contributed by atoms with Crippen molar-refractivity contribution in [2.75, 3.05) is 0 Å². The fraction of sp³-hybridized carbons (Fsp3) is 0.235. The van der Waals surface area contributed by atoms with Crippen LogP contribution in [0.3, 0.4) is 0 Å². The summed E-state index contributed by atoms with van der Waals surface area (Å²) in [6.45, 7) is 0. The van der Waals surface area contributed by atoms with Crippen molar-refractivity contribution in [3.05, 3.63) is 66.1 Å². The van der Waals surface area contributed by atoms with Crippen LogP contribution in [0.15, 0.2) is 59.0 Å². The summed E-state index contributed by atoms with van der Waals surface area (Å²) in [6, 6.07) is 17.5. The molecule has 1 unspecified atom stereocenters. The number of aliphatic hydroxyl groups is 1. The molecule has 0 saturated heterocycles.